The maximum atomic E-state index is 11.5. The number of amides is 2. The van der Waals surface area contributed by atoms with Gasteiger partial charge in [-0.2, -0.15) is 0 Å². The second-order valence-electron chi connectivity index (χ2n) is 4.03. The molecule has 0 fully saturated rings. The maximum Gasteiger partial charge on any atom is 0.323 e. The third-order valence-electron chi connectivity index (χ3n) is 2.33. The van der Waals surface area contributed by atoms with E-state index in [4.69, 9.17) is 4.42 Å². The van der Waals surface area contributed by atoms with Gasteiger partial charge in [-0.1, -0.05) is 6.07 Å². The molecule has 2 rings (SSSR count). The van der Waals surface area contributed by atoms with E-state index in [1.807, 2.05) is 37.2 Å². The van der Waals surface area contributed by atoms with Gasteiger partial charge in [-0.3, -0.25) is 5.32 Å². The van der Waals surface area contributed by atoms with Gasteiger partial charge in [0.2, 0.25) is 0 Å². The number of carbonyl (C=O) groups excluding carboxylic acids is 1. The Balaban J connectivity index is 1.88. The third kappa shape index (κ3) is 3.70. The summed E-state index contributed by atoms with van der Waals surface area (Å²) in [6, 6.07) is 5.41. The van der Waals surface area contributed by atoms with E-state index in [-0.39, 0.29) is 12.0 Å². The Morgan fingerprint density at radius 3 is 2.95 bits per heavy atom. The Hall–Kier alpha value is -2.57. The summed E-state index contributed by atoms with van der Waals surface area (Å²) in [5.41, 5.74) is 0.772. The van der Waals surface area contributed by atoms with Gasteiger partial charge in [-0.15, -0.1) is 0 Å². The van der Waals surface area contributed by atoms with Crippen molar-refractivity contribution in [1.29, 1.82) is 0 Å². The van der Waals surface area contributed by atoms with Gasteiger partial charge in [0.05, 0.1) is 18.4 Å². The van der Waals surface area contributed by atoms with Crippen LogP contribution in [0.3, 0.4) is 0 Å². The summed E-state index contributed by atoms with van der Waals surface area (Å²) in [6.07, 6.45) is 2.84. The normalized spacial score (nSPS) is 10.0. The number of rotatable bonds is 4. The van der Waals surface area contributed by atoms with Crippen LogP contribution in [0.5, 0.6) is 0 Å². The Kier molecular flexibility index (Phi) is 3.97. The van der Waals surface area contributed by atoms with Crippen molar-refractivity contribution in [2.45, 2.75) is 6.54 Å². The quantitative estimate of drug-likeness (QED) is 0.870. The first-order valence-corrected chi connectivity index (χ1v) is 5.73. The summed E-state index contributed by atoms with van der Waals surface area (Å²) >= 11 is 0. The number of pyridine rings is 1. The van der Waals surface area contributed by atoms with Crippen LogP contribution in [0.1, 0.15) is 5.69 Å². The van der Waals surface area contributed by atoms with Gasteiger partial charge >= 0.3 is 12.0 Å². The van der Waals surface area contributed by atoms with Crippen LogP contribution in [0.4, 0.5) is 16.6 Å². The lowest BCUT2D eigenvalue weighted by Gasteiger charge is -2.12. The molecule has 0 spiro atoms. The average Bonchev–Trinajstić information content (AvgIpc) is 2.89. The number of aromatic nitrogens is 2. The van der Waals surface area contributed by atoms with Gasteiger partial charge in [0.25, 0.3) is 0 Å². The van der Waals surface area contributed by atoms with Gasteiger partial charge in [-0.05, 0) is 12.1 Å². The first kappa shape index (κ1) is 12.9. The highest BCUT2D eigenvalue weighted by atomic mass is 16.4. The van der Waals surface area contributed by atoms with E-state index in [9.17, 15) is 4.79 Å². The molecule has 100 valence electrons. The number of nitrogens with zero attached hydrogens (tertiary/aromatic N) is 3. The summed E-state index contributed by atoms with van der Waals surface area (Å²) in [5, 5.41) is 5.14. The van der Waals surface area contributed by atoms with Crippen molar-refractivity contribution in [1.82, 2.24) is 15.3 Å². The van der Waals surface area contributed by atoms with E-state index >= 15 is 0 Å². The van der Waals surface area contributed by atoms with Crippen LogP contribution >= 0.6 is 0 Å². The number of nitrogens with one attached hydrogen (secondary N) is 2. The molecule has 2 aromatic rings. The monoisotopic (exact) mass is 261 g/mol. The van der Waals surface area contributed by atoms with E-state index < -0.39 is 0 Å². The number of hydrogen-bond donors (Lipinski definition) is 2. The van der Waals surface area contributed by atoms with E-state index in [0.29, 0.717) is 6.54 Å². The van der Waals surface area contributed by atoms with Crippen LogP contribution in [-0.2, 0) is 6.54 Å². The zero-order valence-electron chi connectivity index (χ0n) is 10.8. The zero-order valence-corrected chi connectivity index (χ0v) is 10.8. The fraction of sp³-hybridized carbons (Fsp3) is 0.250. The van der Waals surface area contributed by atoms with Crippen molar-refractivity contribution in [3.05, 3.63) is 36.4 Å². The summed E-state index contributed by atoms with van der Waals surface area (Å²) in [7, 11) is 3.82. The molecule has 0 bridgehead atoms. The zero-order chi connectivity index (χ0) is 13.7. The minimum Gasteiger partial charge on any atom is -0.432 e. The number of hydrogen-bond acceptors (Lipinski definition) is 5. The van der Waals surface area contributed by atoms with Crippen molar-refractivity contribution in [3.63, 3.8) is 0 Å². The predicted molar refractivity (Wildman–Crippen MR) is 70.9 cm³/mol. The van der Waals surface area contributed by atoms with Crippen LogP contribution in [-0.4, -0.2) is 30.1 Å². The second kappa shape index (κ2) is 5.85. The SMILES string of the molecule is CN(C)c1cccc(CNC(=O)Nc2ncco2)n1. The van der Waals surface area contributed by atoms with Gasteiger partial charge in [0.15, 0.2) is 0 Å². The van der Waals surface area contributed by atoms with Crippen molar-refractivity contribution in [3.8, 4) is 0 Å². The smallest absolute Gasteiger partial charge is 0.323 e. The molecule has 0 unspecified atom stereocenters. The van der Waals surface area contributed by atoms with E-state index in [0.717, 1.165) is 11.5 Å². The minimum absolute atomic E-state index is 0.160. The highest BCUT2D eigenvalue weighted by molar-refractivity contribution is 5.86. The Bertz CT molecular complexity index is 539. The van der Waals surface area contributed by atoms with Gasteiger partial charge < -0.3 is 14.6 Å². The predicted octanol–water partition coefficient (Wildman–Crippen LogP) is 1.46. The molecule has 0 aliphatic heterocycles. The Morgan fingerprint density at radius 2 is 2.26 bits per heavy atom. The molecule has 7 heteroatoms. The van der Waals surface area contributed by atoms with Crippen molar-refractivity contribution in [2.24, 2.45) is 0 Å². The van der Waals surface area contributed by atoms with Crippen LogP contribution in [0.15, 0.2) is 35.1 Å². The first-order chi connectivity index (χ1) is 9.15. The molecule has 0 saturated heterocycles. The van der Waals surface area contributed by atoms with Gasteiger partial charge in [-0.25, -0.2) is 14.8 Å². The Labute approximate surface area is 110 Å². The number of urea groups is 1. The second-order valence-corrected chi connectivity index (χ2v) is 4.03. The van der Waals surface area contributed by atoms with Crippen LogP contribution in [0.25, 0.3) is 0 Å². The summed E-state index contributed by atoms with van der Waals surface area (Å²) in [5.74, 6) is 0.840. The molecule has 2 aromatic heterocycles. The van der Waals surface area contributed by atoms with Crippen molar-refractivity contribution < 1.29 is 9.21 Å². The summed E-state index contributed by atoms with van der Waals surface area (Å²) < 4.78 is 4.90. The fourth-order valence-electron chi connectivity index (χ4n) is 1.41. The van der Waals surface area contributed by atoms with Crippen LogP contribution < -0.4 is 15.5 Å². The number of oxazole rings is 1. The van der Waals surface area contributed by atoms with E-state index in [1.54, 1.807) is 0 Å². The molecule has 0 aliphatic carbocycles. The van der Waals surface area contributed by atoms with E-state index in [1.165, 1.54) is 12.5 Å². The highest BCUT2D eigenvalue weighted by Crippen LogP contribution is 2.07. The lowest BCUT2D eigenvalue weighted by atomic mass is 10.3. The Morgan fingerprint density at radius 1 is 1.42 bits per heavy atom. The van der Waals surface area contributed by atoms with Gasteiger partial charge in [0.1, 0.15) is 12.1 Å². The molecular formula is C12H15N5O2. The molecule has 2 N–H and O–H groups in total. The van der Waals surface area contributed by atoms with E-state index in [2.05, 4.69) is 20.6 Å². The molecule has 0 aromatic carbocycles. The van der Waals surface area contributed by atoms with Crippen molar-refractivity contribution >= 4 is 17.9 Å². The molecule has 0 saturated carbocycles. The van der Waals surface area contributed by atoms with Crippen LogP contribution in [0.2, 0.25) is 0 Å². The number of carbonyl (C=O) groups is 1. The molecule has 2 amide bonds. The molecule has 7 nitrogen and oxygen atoms in total. The molecule has 0 aliphatic rings. The third-order valence-corrected chi connectivity index (χ3v) is 2.33. The summed E-state index contributed by atoms with van der Waals surface area (Å²) in [6.45, 7) is 0.328. The lowest BCUT2D eigenvalue weighted by molar-refractivity contribution is 0.251. The lowest BCUT2D eigenvalue weighted by Crippen LogP contribution is -2.28. The fourth-order valence-corrected chi connectivity index (χ4v) is 1.41. The average molecular weight is 261 g/mol. The molecule has 2 heterocycles. The molecule has 19 heavy (non-hydrogen) atoms. The largest absolute Gasteiger partial charge is 0.432 e. The van der Waals surface area contributed by atoms with Crippen LogP contribution in [0, 0.1) is 0 Å². The van der Waals surface area contributed by atoms with Crippen molar-refractivity contribution in [2.75, 3.05) is 24.3 Å². The molecule has 0 radical (unpaired) electrons. The number of anilines is 2. The minimum atomic E-state index is -0.389. The topological polar surface area (TPSA) is 83.3 Å². The molecular weight excluding hydrogens is 246 g/mol. The first-order valence-electron chi connectivity index (χ1n) is 5.73. The molecule has 0 atom stereocenters. The summed E-state index contributed by atoms with van der Waals surface area (Å²) in [4.78, 5) is 21.6. The van der Waals surface area contributed by atoms with Gasteiger partial charge in [0, 0.05) is 14.1 Å². The maximum absolute atomic E-state index is 11.5. The highest BCUT2D eigenvalue weighted by Gasteiger charge is 2.05. The standard InChI is InChI=1S/C12H15N5O2/c1-17(2)10-5-3-4-9(15-10)8-14-11(18)16-12-13-6-7-19-12/h3-7H,8H2,1-2H3,(H2,13,14,16,18).